The van der Waals surface area contributed by atoms with Crippen LogP contribution in [-0.2, 0) is 0 Å². The summed E-state index contributed by atoms with van der Waals surface area (Å²) in [5, 5.41) is 11.1. The summed E-state index contributed by atoms with van der Waals surface area (Å²) in [5.74, 6) is 0. The van der Waals surface area contributed by atoms with Crippen molar-refractivity contribution in [3.63, 3.8) is 0 Å². The third kappa shape index (κ3) is 1.04. The lowest BCUT2D eigenvalue weighted by atomic mass is 10.1. The number of nitrogens with zero attached hydrogens (tertiary/aromatic N) is 2. The fourth-order valence-electron chi connectivity index (χ4n) is 1.51. The molecule has 4 heteroatoms. The maximum Gasteiger partial charge on any atom is 0.123 e. The predicted molar refractivity (Wildman–Crippen MR) is 57.2 cm³/mol. The van der Waals surface area contributed by atoms with E-state index in [0.717, 1.165) is 21.5 Å². The summed E-state index contributed by atoms with van der Waals surface area (Å²) in [6.45, 7) is 0. The van der Waals surface area contributed by atoms with Crippen molar-refractivity contribution >= 4 is 22.2 Å². The SMILES string of the molecule is c1cc(-c2nccs2)c2cn[nH]c2c1. The monoisotopic (exact) mass is 201 g/mol. The second kappa shape index (κ2) is 2.92. The Balaban J connectivity index is 2.36. The predicted octanol–water partition coefficient (Wildman–Crippen LogP) is 2.69. The van der Waals surface area contributed by atoms with Crippen LogP contribution in [-0.4, -0.2) is 15.2 Å². The summed E-state index contributed by atoms with van der Waals surface area (Å²) < 4.78 is 0. The van der Waals surface area contributed by atoms with Gasteiger partial charge in [0.05, 0.1) is 11.7 Å². The summed E-state index contributed by atoms with van der Waals surface area (Å²) >= 11 is 1.64. The van der Waals surface area contributed by atoms with Gasteiger partial charge >= 0.3 is 0 Å². The number of rotatable bonds is 1. The van der Waals surface area contributed by atoms with Gasteiger partial charge in [0.1, 0.15) is 5.01 Å². The average Bonchev–Trinajstić information content (AvgIpc) is 2.88. The molecule has 0 aliphatic heterocycles. The first-order valence-electron chi connectivity index (χ1n) is 4.27. The molecule has 0 amide bonds. The molecule has 14 heavy (non-hydrogen) atoms. The van der Waals surface area contributed by atoms with Gasteiger partial charge < -0.3 is 0 Å². The van der Waals surface area contributed by atoms with E-state index in [2.05, 4.69) is 21.2 Å². The zero-order valence-electron chi connectivity index (χ0n) is 7.27. The summed E-state index contributed by atoms with van der Waals surface area (Å²) in [5.41, 5.74) is 2.20. The topological polar surface area (TPSA) is 41.6 Å². The minimum atomic E-state index is 1.04. The molecule has 3 rings (SSSR count). The van der Waals surface area contributed by atoms with Crippen LogP contribution in [0.15, 0.2) is 36.0 Å². The van der Waals surface area contributed by atoms with Gasteiger partial charge in [-0.2, -0.15) is 5.10 Å². The van der Waals surface area contributed by atoms with E-state index in [-0.39, 0.29) is 0 Å². The van der Waals surface area contributed by atoms with Gasteiger partial charge in [-0.1, -0.05) is 12.1 Å². The van der Waals surface area contributed by atoms with Crippen LogP contribution in [0, 0.1) is 0 Å². The lowest BCUT2D eigenvalue weighted by Gasteiger charge is -1.96. The molecule has 0 fully saturated rings. The molecule has 2 heterocycles. The number of fused-ring (bicyclic) bond motifs is 1. The molecule has 0 unspecified atom stereocenters. The molecule has 0 saturated heterocycles. The van der Waals surface area contributed by atoms with Crippen molar-refractivity contribution < 1.29 is 0 Å². The van der Waals surface area contributed by atoms with Crippen LogP contribution in [0.2, 0.25) is 0 Å². The molecule has 0 radical (unpaired) electrons. The molecular formula is C10H7N3S. The lowest BCUT2D eigenvalue weighted by Crippen LogP contribution is -1.76. The van der Waals surface area contributed by atoms with Crippen molar-refractivity contribution in [2.75, 3.05) is 0 Å². The molecule has 0 atom stereocenters. The van der Waals surface area contributed by atoms with Crippen LogP contribution in [0.5, 0.6) is 0 Å². The Morgan fingerprint density at radius 3 is 3.14 bits per heavy atom. The number of hydrogen-bond donors (Lipinski definition) is 1. The molecule has 0 aliphatic rings. The number of benzene rings is 1. The zero-order chi connectivity index (χ0) is 9.38. The molecular weight excluding hydrogens is 194 g/mol. The van der Waals surface area contributed by atoms with Crippen LogP contribution in [0.4, 0.5) is 0 Å². The van der Waals surface area contributed by atoms with E-state index < -0.39 is 0 Å². The normalized spacial score (nSPS) is 10.9. The van der Waals surface area contributed by atoms with Gasteiger partial charge in [-0.25, -0.2) is 4.98 Å². The van der Waals surface area contributed by atoms with E-state index in [1.54, 1.807) is 11.3 Å². The Bertz CT molecular complexity index is 554. The molecule has 2 aromatic heterocycles. The zero-order valence-corrected chi connectivity index (χ0v) is 8.08. The first-order chi connectivity index (χ1) is 6.95. The van der Waals surface area contributed by atoms with Crippen molar-refractivity contribution in [2.24, 2.45) is 0 Å². The second-order valence-corrected chi connectivity index (χ2v) is 3.87. The Labute approximate surface area is 84.4 Å². The van der Waals surface area contributed by atoms with E-state index in [0.29, 0.717) is 0 Å². The van der Waals surface area contributed by atoms with Gasteiger partial charge in [-0.05, 0) is 6.07 Å². The summed E-state index contributed by atoms with van der Waals surface area (Å²) in [6.07, 6.45) is 3.66. The number of hydrogen-bond acceptors (Lipinski definition) is 3. The van der Waals surface area contributed by atoms with Crippen molar-refractivity contribution in [3.05, 3.63) is 36.0 Å². The fourth-order valence-corrected chi connectivity index (χ4v) is 2.19. The van der Waals surface area contributed by atoms with Crippen LogP contribution in [0.25, 0.3) is 21.5 Å². The van der Waals surface area contributed by atoms with Crippen molar-refractivity contribution in [1.82, 2.24) is 15.2 Å². The van der Waals surface area contributed by atoms with Gasteiger partial charge in [-0.15, -0.1) is 11.3 Å². The maximum absolute atomic E-state index is 4.29. The van der Waals surface area contributed by atoms with Gasteiger partial charge in [0.2, 0.25) is 0 Å². The van der Waals surface area contributed by atoms with E-state index >= 15 is 0 Å². The van der Waals surface area contributed by atoms with E-state index in [4.69, 9.17) is 0 Å². The number of aromatic nitrogens is 3. The summed E-state index contributed by atoms with van der Waals surface area (Å²) in [7, 11) is 0. The molecule has 3 nitrogen and oxygen atoms in total. The van der Waals surface area contributed by atoms with Crippen LogP contribution in [0.3, 0.4) is 0 Å². The van der Waals surface area contributed by atoms with E-state index in [1.807, 2.05) is 29.9 Å². The number of H-pyrrole nitrogens is 1. The maximum atomic E-state index is 4.29. The average molecular weight is 201 g/mol. The standard InChI is InChI=1S/C10H7N3S/c1-2-7(10-11-4-5-14-10)8-6-12-13-9(8)3-1/h1-6H,(H,12,13). The summed E-state index contributed by atoms with van der Waals surface area (Å²) in [4.78, 5) is 4.29. The molecule has 0 spiro atoms. The Morgan fingerprint density at radius 2 is 2.29 bits per heavy atom. The molecule has 0 bridgehead atoms. The van der Waals surface area contributed by atoms with Crippen LogP contribution in [0.1, 0.15) is 0 Å². The minimum Gasteiger partial charge on any atom is -0.278 e. The first kappa shape index (κ1) is 7.70. The van der Waals surface area contributed by atoms with E-state index in [1.165, 1.54) is 0 Å². The highest BCUT2D eigenvalue weighted by molar-refractivity contribution is 7.13. The van der Waals surface area contributed by atoms with E-state index in [9.17, 15) is 0 Å². The Hall–Kier alpha value is -1.68. The smallest absolute Gasteiger partial charge is 0.123 e. The number of aromatic amines is 1. The van der Waals surface area contributed by atoms with Gasteiger partial charge in [0.25, 0.3) is 0 Å². The number of nitrogens with one attached hydrogen (secondary N) is 1. The third-order valence-corrected chi connectivity index (χ3v) is 2.95. The third-order valence-electron chi connectivity index (χ3n) is 2.15. The second-order valence-electron chi connectivity index (χ2n) is 2.97. The fraction of sp³-hybridized carbons (Fsp3) is 0. The van der Waals surface area contributed by atoms with Crippen molar-refractivity contribution in [3.8, 4) is 10.6 Å². The molecule has 0 aliphatic carbocycles. The van der Waals surface area contributed by atoms with Gasteiger partial charge in [0, 0.05) is 22.5 Å². The molecule has 3 aromatic rings. The minimum absolute atomic E-state index is 1.04. The van der Waals surface area contributed by atoms with Gasteiger partial charge in [0.15, 0.2) is 0 Å². The molecule has 1 aromatic carbocycles. The van der Waals surface area contributed by atoms with Gasteiger partial charge in [-0.3, -0.25) is 5.10 Å². The highest BCUT2D eigenvalue weighted by atomic mass is 32.1. The molecule has 0 saturated carbocycles. The quantitative estimate of drug-likeness (QED) is 0.657. The highest BCUT2D eigenvalue weighted by Gasteiger charge is 2.06. The van der Waals surface area contributed by atoms with Crippen LogP contribution < -0.4 is 0 Å². The number of thiazole rings is 1. The van der Waals surface area contributed by atoms with Crippen molar-refractivity contribution in [1.29, 1.82) is 0 Å². The Morgan fingerprint density at radius 1 is 1.29 bits per heavy atom. The van der Waals surface area contributed by atoms with Crippen LogP contribution >= 0.6 is 11.3 Å². The first-order valence-corrected chi connectivity index (χ1v) is 5.15. The largest absolute Gasteiger partial charge is 0.278 e. The highest BCUT2D eigenvalue weighted by Crippen LogP contribution is 2.28. The Kier molecular flexibility index (Phi) is 1.61. The summed E-state index contributed by atoms with van der Waals surface area (Å²) in [6, 6.07) is 6.09. The molecule has 68 valence electrons. The van der Waals surface area contributed by atoms with Crippen molar-refractivity contribution in [2.45, 2.75) is 0 Å². The molecule has 1 N–H and O–H groups in total. The lowest BCUT2D eigenvalue weighted by molar-refractivity contribution is 1.12.